The van der Waals surface area contributed by atoms with E-state index >= 15 is 0 Å². The maximum atomic E-state index is 12.6. The number of anilines is 1. The van der Waals surface area contributed by atoms with Crippen LogP contribution in [0.5, 0.6) is 0 Å². The van der Waals surface area contributed by atoms with Gasteiger partial charge in [-0.2, -0.15) is 0 Å². The number of hydrogen-bond acceptors (Lipinski definition) is 5. The van der Waals surface area contributed by atoms with Crippen molar-refractivity contribution in [1.82, 2.24) is 14.9 Å². The van der Waals surface area contributed by atoms with E-state index in [0.29, 0.717) is 0 Å². The number of nitrogens with one attached hydrogen (secondary N) is 2. The SMILES string of the molecule is CNC(=O)c1cc2c(nc(C)n2C)c2c1CCC1(Cc3ccccc3C1)N2.O=C(O)CC(=O)O. The molecule has 0 saturated heterocycles. The summed E-state index contributed by atoms with van der Waals surface area (Å²) < 4.78 is 2.06. The van der Waals surface area contributed by atoms with E-state index in [0.717, 1.165) is 59.4 Å². The number of aliphatic carboxylic acids is 2. The van der Waals surface area contributed by atoms with Gasteiger partial charge in [-0.15, -0.1) is 0 Å². The molecule has 2 heterocycles. The van der Waals surface area contributed by atoms with Crippen LogP contribution in [0.25, 0.3) is 11.0 Å². The fourth-order valence-electron chi connectivity index (χ4n) is 4.99. The van der Waals surface area contributed by atoms with Gasteiger partial charge in [-0.1, -0.05) is 24.3 Å². The molecule has 5 rings (SSSR count). The van der Waals surface area contributed by atoms with Crippen LogP contribution in [-0.4, -0.2) is 50.2 Å². The van der Waals surface area contributed by atoms with Gasteiger partial charge < -0.3 is 25.4 Å². The molecule has 0 unspecified atom stereocenters. The Morgan fingerprint density at radius 3 is 2.29 bits per heavy atom. The van der Waals surface area contributed by atoms with Crippen LogP contribution in [-0.2, 0) is 35.9 Å². The van der Waals surface area contributed by atoms with Crippen LogP contribution in [0.1, 0.15) is 45.7 Å². The number of carbonyl (C=O) groups is 3. The Morgan fingerprint density at radius 2 is 1.76 bits per heavy atom. The highest BCUT2D eigenvalue weighted by molar-refractivity contribution is 6.04. The number of fused-ring (bicyclic) bond motifs is 4. The van der Waals surface area contributed by atoms with E-state index in [1.54, 1.807) is 7.05 Å². The third kappa shape index (κ3) is 4.21. The highest BCUT2D eigenvalue weighted by Crippen LogP contribution is 2.44. The Kier molecular flexibility index (Phi) is 6.03. The van der Waals surface area contributed by atoms with Crippen LogP contribution >= 0.6 is 0 Å². The Labute approximate surface area is 196 Å². The van der Waals surface area contributed by atoms with E-state index in [1.165, 1.54) is 11.1 Å². The molecule has 1 spiro atoms. The minimum Gasteiger partial charge on any atom is -0.481 e. The summed E-state index contributed by atoms with van der Waals surface area (Å²) in [4.78, 5) is 36.3. The molecule has 34 heavy (non-hydrogen) atoms. The number of rotatable bonds is 3. The minimum atomic E-state index is -1.31. The van der Waals surface area contributed by atoms with Crippen molar-refractivity contribution in [3.8, 4) is 0 Å². The van der Waals surface area contributed by atoms with Crippen LogP contribution < -0.4 is 10.6 Å². The van der Waals surface area contributed by atoms with Crippen molar-refractivity contribution < 1.29 is 24.6 Å². The molecule has 9 heteroatoms. The summed E-state index contributed by atoms with van der Waals surface area (Å²) in [5, 5.41) is 22.1. The highest BCUT2D eigenvalue weighted by atomic mass is 16.4. The highest BCUT2D eigenvalue weighted by Gasteiger charge is 2.41. The zero-order valence-corrected chi connectivity index (χ0v) is 19.4. The second kappa shape index (κ2) is 8.81. The van der Waals surface area contributed by atoms with E-state index in [1.807, 2.05) is 20.0 Å². The number of hydrogen-bond donors (Lipinski definition) is 4. The zero-order chi connectivity index (χ0) is 24.6. The Hall–Kier alpha value is -3.88. The third-order valence-electron chi connectivity index (χ3n) is 6.70. The quantitative estimate of drug-likeness (QED) is 0.438. The van der Waals surface area contributed by atoms with E-state index in [4.69, 9.17) is 15.2 Å². The second-order valence-electron chi connectivity index (χ2n) is 8.93. The number of carboxylic acid groups (broad SMARTS) is 2. The number of imidazole rings is 1. The summed E-state index contributed by atoms with van der Waals surface area (Å²) >= 11 is 0. The standard InChI is InChI=1S/C22H24N4O.C3H4O4/c1-13-24-20-18(26(13)3)10-17(21(27)23-2)16-8-9-22(25-19(16)20)11-14-6-4-5-7-15(14)12-22;4-2(5)1-3(6)7/h4-7,10,25H,8-9,11-12H2,1-3H3,(H,23,27);1H2,(H,4,5)(H,6,7). The Balaban J connectivity index is 0.000000344. The van der Waals surface area contributed by atoms with Gasteiger partial charge in [0.25, 0.3) is 5.91 Å². The lowest BCUT2D eigenvalue weighted by Crippen LogP contribution is -2.43. The maximum absolute atomic E-state index is 12.6. The maximum Gasteiger partial charge on any atom is 0.314 e. The lowest BCUT2D eigenvalue weighted by atomic mass is 9.82. The molecular formula is C25H28N4O5. The van der Waals surface area contributed by atoms with Gasteiger partial charge in [-0.3, -0.25) is 14.4 Å². The van der Waals surface area contributed by atoms with Gasteiger partial charge in [-0.05, 0) is 55.4 Å². The topological polar surface area (TPSA) is 134 Å². The first-order valence-electron chi connectivity index (χ1n) is 11.1. The average molecular weight is 465 g/mol. The first-order chi connectivity index (χ1) is 16.1. The molecule has 0 bridgehead atoms. The normalized spacial score (nSPS) is 15.0. The molecule has 1 aliphatic heterocycles. The molecule has 2 aromatic carbocycles. The number of carboxylic acids is 2. The van der Waals surface area contributed by atoms with Gasteiger partial charge in [0, 0.05) is 25.2 Å². The van der Waals surface area contributed by atoms with Gasteiger partial charge in [-0.25, -0.2) is 4.98 Å². The smallest absolute Gasteiger partial charge is 0.314 e. The predicted octanol–water partition coefficient (Wildman–Crippen LogP) is 2.68. The van der Waals surface area contributed by atoms with Crippen LogP contribution in [0, 0.1) is 6.92 Å². The Morgan fingerprint density at radius 1 is 1.15 bits per heavy atom. The average Bonchev–Trinajstić information content (AvgIpc) is 3.28. The lowest BCUT2D eigenvalue weighted by Gasteiger charge is -2.38. The molecule has 0 fully saturated rings. The summed E-state index contributed by atoms with van der Waals surface area (Å²) in [6, 6.07) is 10.7. The first kappa shape index (κ1) is 23.3. The largest absolute Gasteiger partial charge is 0.481 e. The van der Waals surface area contributed by atoms with E-state index < -0.39 is 18.4 Å². The summed E-state index contributed by atoms with van der Waals surface area (Å²) in [5.41, 5.74) is 7.79. The summed E-state index contributed by atoms with van der Waals surface area (Å²) in [5.74, 6) is -1.70. The van der Waals surface area contributed by atoms with Crippen molar-refractivity contribution in [3.63, 3.8) is 0 Å². The summed E-state index contributed by atoms with van der Waals surface area (Å²) in [6.45, 7) is 2.01. The second-order valence-corrected chi connectivity index (χ2v) is 8.93. The van der Waals surface area contributed by atoms with Crippen molar-refractivity contribution in [1.29, 1.82) is 0 Å². The molecule has 1 amide bonds. The summed E-state index contributed by atoms with van der Waals surface area (Å²) in [7, 11) is 3.70. The molecule has 1 aromatic heterocycles. The van der Waals surface area contributed by atoms with Crippen molar-refractivity contribution in [2.24, 2.45) is 7.05 Å². The lowest BCUT2D eigenvalue weighted by molar-refractivity contribution is -0.147. The molecule has 0 atom stereocenters. The van der Waals surface area contributed by atoms with E-state index in [2.05, 4.69) is 39.5 Å². The van der Waals surface area contributed by atoms with Crippen molar-refractivity contribution >= 4 is 34.6 Å². The number of nitrogens with zero attached hydrogens (tertiary/aromatic N) is 2. The monoisotopic (exact) mass is 464 g/mol. The molecule has 2 aliphatic rings. The van der Waals surface area contributed by atoms with E-state index in [-0.39, 0.29) is 11.4 Å². The third-order valence-corrected chi connectivity index (χ3v) is 6.70. The van der Waals surface area contributed by atoms with Gasteiger partial charge >= 0.3 is 11.9 Å². The molecule has 1 aliphatic carbocycles. The molecule has 0 radical (unpaired) electrons. The number of aromatic nitrogens is 2. The zero-order valence-electron chi connectivity index (χ0n) is 19.4. The molecular weight excluding hydrogens is 436 g/mol. The molecule has 0 saturated carbocycles. The van der Waals surface area contributed by atoms with Crippen LogP contribution in [0.4, 0.5) is 5.69 Å². The van der Waals surface area contributed by atoms with Gasteiger partial charge in [0.05, 0.1) is 11.2 Å². The number of amides is 1. The summed E-state index contributed by atoms with van der Waals surface area (Å²) in [6.07, 6.45) is 3.17. The number of benzene rings is 2. The first-order valence-corrected chi connectivity index (χ1v) is 11.1. The van der Waals surface area contributed by atoms with Crippen LogP contribution in [0.3, 0.4) is 0 Å². The van der Waals surface area contributed by atoms with Gasteiger partial charge in [0.15, 0.2) is 0 Å². The fourth-order valence-corrected chi connectivity index (χ4v) is 4.99. The predicted molar refractivity (Wildman–Crippen MR) is 127 cm³/mol. The van der Waals surface area contributed by atoms with E-state index in [9.17, 15) is 14.4 Å². The van der Waals surface area contributed by atoms with Crippen molar-refractivity contribution in [2.75, 3.05) is 12.4 Å². The number of carbonyl (C=O) groups excluding carboxylic acids is 1. The van der Waals surface area contributed by atoms with Crippen molar-refractivity contribution in [2.45, 2.75) is 44.6 Å². The molecule has 178 valence electrons. The molecule has 4 N–H and O–H groups in total. The van der Waals surface area contributed by atoms with Gasteiger partial charge in [0.1, 0.15) is 17.8 Å². The minimum absolute atomic E-state index is 0.0242. The van der Waals surface area contributed by atoms with Crippen molar-refractivity contribution in [3.05, 3.63) is 58.4 Å². The number of aryl methyl sites for hydroxylation is 2. The molecule has 3 aromatic rings. The van der Waals surface area contributed by atoms with Crippen LogP contribution in [0.15, 0.2) is 30.3 Å². The van der Waals surface area contributed by atoms with Gasteiger partial charge in [0.2, 0.25) is 0 Å². The molecule has 9 nitrogen and oxygen atoms in total. The fraction of sp³-hybridized carbons (Fsp3) is 0.360. The Bertz CT molecular complexity index is 1270. The van der Waals surface area contributed by atoms with Crippen LogP contribution in [0.2, 0.25) is 0 Å².